The van der Waals surface area contributed by atoms with E-state index in [4.69, 9.17) is 16.3 Å². The van der Waals surface area contributed by atoms with Gasteiger partial charge in [0.1, 0.15) is 10.6 Å². The van der Waals surface area contributed by atoms with E-state index < -0.39 is 15.6 Å². The summed E-state index contributed by atoms with van der Waals surface area (Å²) in [7, 11) is -4.04. The van der Waals surface area contributed by atoms with Crippen molar-refractivity contribution in [3.05, 3.63) is 88.1 Å². The summed E-state index contributed by atoms with van der Waals surface area (Å²) in [5, 5.41) is 12.6. The molecule has 1 N–H and O–H groups in total. The molecule has 0 bridgehead atoms. The second kappa shape index (κ2) is 11.1. The van der Waals surface area contributed by atoms with Crippen molar-refractivity contribution >= 4 is 44.0 Å². The van der Waals surface area contributed by atoms with Gasteiger partial charge in [-0.3, -0.25) is 4.90 Å². The first-order valence-corrected chi connectivity index (χ1v) is 17.0. The zero-order valence-electron chi connectivity index (χ0n) is 23.7. The van der Waals surface area contributed by atoms with Gasteiger partial charge in [0.05, 0.1) is 33.7 Å². The number of aliphatic hydroxyl groups is 1. The molecular weight excluding hydrogens is 604 g/mol. The maximum Gasteiger partial charge on any atom is 0.269 e. The van der Waals surface area contributed by atoms with Crippen molar-refractivity contribution < 1.29 is 18.3 Å². The number of nitrogens with zero attached hydrogens (tertiary/aromatic N) is 4. The molecule has 222 valence electrons. The van der Waals surface area contributed by atoms with Crippen LogP contribution in [0.1, 0.15) is 35.4 Å². The molecule has 5 aromatic rings. The van der Waals surface area contributed by atoms with Crippen LogP contribution in [-0.2, 0) is 26.9 Å². The third kappa shape index (κ3) is 5.20. The molecule has 8 nitrogen and oxygen atoms in total. The summed E-state index contributed by atoms with van der Waals surface area (Å²) >= 11 is 8.15. The van der Waals surface area contributed by atoms with Gasteiger partial charge >= 0.3 is 0 Å². The fourth-order valence-corrected chi connectivity index (χ4v) is 8.66. The predicted octanol–water partition coefficient (Wildman–Crippen LogP) is 6.23. The van der Waals surface area contributed by atoms with Crippen LogP contribution in [-0.4, -0.2) is 58.7 Å². The summed E-state index contributed by atoms with van der Waals surface area (Å²) in [4.78, 5) is 12.4. The van der Waals surface area contributed by atoms with Gasteiger partial charge in [0, 0.05) is 43.0 Å². The third-order valence-corrected chi connectivity index (χ3v) is 11.6. The summed E-state index contributed by atoms with van der Waals surface area (Å²) in [5.41, 5.74) is 3.38. The molecule has 43 heavy (non-hydrogen) atoms. The van der Waals surface area contributed by atoms with Gasteiger partial charge in [-0.1, -0.05) is 53.6 Å². The standard InChI is InChI=1S/C32H31ClN4O4S2/c1-21-3-9-24(10-4-21)43(39,40)37-27(23-7-5-22(6-8-23)20-36-13-15-41-16-14-36)17-25-29(26(33)18-34-30(25)37)28-19-35-31(42-28)32(38)11-2-12-32/h3-10,17-19,38H,2,11-16,20H2,1H3. The second-order valence-electron chi connectivity index (χ2n) is 11.3. The minimum Gasteiger partial charge on any atom is -0.383 e. The number of aromatic nitrogens is 3. The summed E-state index contributed by atoms with van der Waals surface area (Å²) in [5.74, 6) is 0. The Bertz CT molecular complexity index is 1910. The average molecular weight is 635 g/mol. The molecule has 0 amide bonds. The number of fused-ring (bicyclic) bond motifs is 1. The Morgan fingerprint density at radius 2 is 1.74 bits per heavy atom. The van der Waals surface area contributed by atoms with E-state index >= 15 is 0 Å². The lowest BCUT2D eigenvalue weighted by Crippen LogP contribution is -2.35. The molecule has 11 heteroatoms. The molecule has 2 aliphatic rings. The molecule has 1 aliphatic heterocycles. The molecule has 2 aromatic carbocycles. The molecule has 4 heterocycles. The van der Waals surface area contributed by atoms with Crippen LogP contribution in [0, 0.1) is 6.92 Å². The molecule has 0 radical (unpaired) electrons. The number of benzene rings is 2. The molecule has 0 atom stereocenters. The lowest BCUT2D eigenvalue weighted by Gasteiger charge is -2.34. The fourth-order valence-electron chi connectivity index (χ4n) is 5.74. The van der Waals surface area contributed by atoms with Crippen molar-refractivity contribution in [2.45, 2.75) is 43.2 Å². The highest BCUT2D eigenvalue weighted by Gasteiger charge is 2.39. The van der Waals surface area contributed by atoms with Gasteiger partial charge in [0.15, 0.2) is 5.65 Å². The first-order chi connectivity index (χ1) is 20.7. The minimum atomic E-state index is -4.04. The van der Waals surface area contributed by atoms with E-state index in [0.29, 0.717) is 39.5 Å². The Kier molecular flexibility index (Phi) is 7.40. The molecule has 7 rings (SSSR count). The number of pyridine rings is 1. The fraction of sp³-hybridized carbons (Fsp3) is 0.312. The highest BCUT2D eigenvalue weighted by atomic mass is 35.5. The van der Waals surface area contributed by atoms with Gasteiger partial charge in [-0.05, 0) is 55.5 Å². The number of ether oxygens (including phenoxy) is 1. The molecule has 2 fully saturated rings. The normalized spacial score (nSPS) is 17.3. The van der Waals surface area contributed by atoms with E-state index in [-0.39, 0.29) is 10.5 Å². The van der Waals surface area contributed by atoms with E-state index in [2.05, 4.69) is 14.9 Å². The summed E-state index contributed by atoms with van der Waals surface area (Å²) in [6.07, 6.45) is 5.52. The highest BCUT2D eigenvalue weighted by Crippen LogP contribution is 2.47. The molecule has 1 saturated heterocycles. The van der Waals surface area contributed by atoms with Crippen molar-refractivity contribution in [2.75, 3.05) is 26.3 Å². The van der Waals surface area contributed by atoms with E-state index in [9.17, 15) is 13.5 Å². The Hall–Kier alpha value is -3.12. The smallest absolute Gasteiger partial charge is 0.269 e. The Morgan fingerprint density at radius 1 is 1.02 bits per heavy atom. The van der Waals surface area contributed by atoms with Crippen LogP contribution in [0.4, 0.5) is 0 Å². The van der Waals surface area contributed by atoms with E-state index in [0.717, 1.165) is 60.8 Å². The number of halogens is 1. The van der Waals surface area contributed by atoms with Crippen molar-refractivity contribution in [3.8, 4) is 21.7 Å². The predicted molar refractivity (Wildman–Crippen MR) is 169 cm³/mol. The lowest BCUT2D eigenvalue weighted by atomic mass is 9.81. The molecule has 0 unspecified atom stereocenters. The number of thiazole rings is 1. The van der Waals surface area contributed by atoms with Crippen LogP contribution in [0.2, 0.25) is 5.02 Å². The Morgan fingerprint density at radius 3 is 2.42 bits per heavy atom. The van der Waals surface area contributed by atoms with Gasteiger partial charge in [-0.15, -0.1) is 11.3 Å². The largest absolute Gasteiger partial charge is 0.383 e. The summed E-state index contributed by atoms with van der Waals surface area (Å²) in [6, 6.07) is 16.7. The topological polar surface area (TPSA) is 97.6 Å². The number of morpholine rings is 1. The van der Waals surface area contributed by atoms with Gasteiger partial charge in [-0.25, -0.2) is 22.4 Å². The van der Waals surface area contributed by atoms with Gasteiger partial charge in [-0.2, -0.15) is 0 Å². The van der Waals surface area contributed by atoms with Crippen molar-refractivity contribution in [3.63, 3.8) is 0 Å². The van der Waals surface area contributed by atoms with Crippen LogP contribution in [0.25, 0.3) is 32.7 Å². The van der Waals surface area contributed by atoms with E-state index in [1.807, 2.05) is 37.3 Å². The SMILES string of the molecule is Cc1ccc(S(=O)(=O)n2c(-c3ccc(CN4CCOCC4)cc3)cc3c(-c4cnc(C5(O)CCC5)s4)c(Cl)cnc32)cc1. The maximum atomic E-state index is 14.3. The molecule has 0 spiro atoms. The first kappa shape index (κ1) is 28.6. The van der Waals surface area contributed by atoms with Crippen LogP contribution in [0.3, 0.4) is 0 Å². The monoisotopic (exact) mass is 634 g/mol. The lowest BCUT2D eigenvalue weighted by molar-refractivity contribution is -0.0389. The Balaban J connectivity index is 1.38. The number of aryl methyl sites for hydroxylation is 1. The molecule has 1 saturated carbocycles. The Labute approximate surface area is 259 Å². The quantitative estimate of drug-likeness (QED) is 0.227. The van der Waals surface area contributed by atoms with Gasteiger partial charge in [0.2, 0.25) is 0 Å². The molecule has 3 aromatic heterocycles. The third-order valence-electron chi connectivity index (χ3n) is 8.39. The van der Waals surface area contributed by atoms with Crippen molar-refractivity contribution in [1.29, 1.82) is 0 Å². The maximum absolute atomic E-state index is 14.3. The highest BCUT2D eigenvalue weighted by molar-refractivity contribution is 7.90. The molecular formula is C32H31ClN4O4S2. The van der Waals surface area contributed by atoms with E-state index in [1.165, 1.54) is 21.5 Å². The second-order valence-corrected chi connectivity index (χ2v) is 14.6. The summed E-state index contributed by atoms with van der Waals surface area (Å²) in [6.45, 7) is 5.95. The van der Waals surface area contributed by atoms with Crippen molar-refractivity contribution in [1.82, 2.24) is 18.8 Å². The van der Waals surface area contributed by atoms with Gasteiger partial charge < -0.3 is 9.84 Å². The van der Waals surface area contributed by atoms with Crippen molar-refractivity contribution in [2.24, 2.45) is 0 Å². The zero-order valence-corrected chi connectivity index (χ0v) is 26.1. The number of hydrogen-bond acceptors (Lipinski definition) is 8. The summed E-state index contributed by atoms with van der Waals surface area (Å²) < 4.78 is 35.4. The minimum absolute atomic E-state index is 0.173. The number of hydrogen-bond donors (Lipinski definition) is 1. The van der Waals surface area contributed by atoms with Crippen LogP contribution in [0.15, 0.2) is 71.9 Å². The first-order valence-electron chi connectivity index (χ1n) is 14.3. The van der Waals surface area contributed by atoms with Crippen LogP contribution in [0.5, 0.6) is 0 Å². The zero-order chi connectivity index (χ0) is 29.8. The number of rotatable bonds is 7. The van der Waals surface area contributed by atoms with Crippen LogP contribution < -0.4 is 0 Å². The van der Waals surface area contributed by atoms with E-state index in [1.54, 1.807) is 30.5 Å². The molecule has 1 aliphatic carbocycles. The van der Waals surface area contributed by atoms with Gasteiger partial charge in [0.25, 0.3) is 10.0 Å². The van der Waals surface area contributed by atoms with Crippen LogP contribution >= 0.6 is 22.9 Å². The average Bonchev–Trinajstić information content (AvgIpc) is 3.63.